The van der Waals surface area contributed by atoms with Gasteiger partial charge in [0.2, 0.25) is 0 Å². The highest BCUT2D eigenvalue weighted by molar-refractivity contribution is 7.07. The van der Waals surface area contributed by atoms with Crippen LogP contribution in [-0.4, -0.2) is 23.7 Å². The molecule has 0 aliphatic carbocycles. The van der Waals surface area contributed by atoms with Crippen molar-refractivity contribution in [2.75, 3.05) is 13.2 Å². The Bertz CT molecular complexity index is 739. The summed E-state index contributed by atoms with van der Waals surface area (Å²) in [7, 11) is 1.91. The number of aryl methyl sites for hydroxylation is 2. The highest BCUT2D eigenvalue weighted by Gasteiger charge is 2.42. The first-order valence-corrected chi connectivity index (χ1v) is 8.34. The minimum atomic E-state index is -0.555. The predicted molar refractivity (Wildman–Crippen MR) is 86.8 cm³/mol. The summed E-state index contributed by atoms with van der Waals surface area (Å²) in [6, 6.07) is 8.12. The van der Waals surface area contributed by atoms with Gasteiger partial charge in [-0.15, -0.1) is 11.3 Å². The molecule has 3 rings (SSSR count). The number of rotatable bonds is 2. The molecule has 4 nitrogen and oxygen atoms in total. The van der Waals surface area contributed by atoms with E-state index < -0.39 is 5.41 Å². The molecule has 0 atom stereocenters. The number of ether oxygens (including phenoxy) is 1. The second kappa shape index (κ2) is 6.18. The lowest BCUT2D eigenvalue weighted by Gasteiger charge is -2.35. The number of hydrogen-bond donors (Lipinski definition) is 0. The van der Waals surface area contributed by atoms with Gasteiger partial charge in [-0.3, -0.25) is 4.79 Å². The molecule has 0 spiro atoms. The highest BCUT2D eigenvalue weighted by Crippen LogP contribution is 2.37. The van der Waals surface area contributed by atoms with E-state index in [0.29, 0.717) is 26.1 Å². The third-order valence-corrected chi connectivity index (χ3v) is 5.22. The van der Waals surface area contributed by atoms with Crippen LogP contribution in [0.1, 0.15) is 24.0 Å². The summed E-state index contributed by atoms with van der Waals surface area (Å²) in [5, 5.41) is 1.94. The summed E-state index contributed by atoms with van der Waals surface area (Å²) in [5.74, 6) is -0.0526. The summed E-state index contributed by atoms with van der Waals surface area (Å²) < 4.78 is 7.38. The third kappa shape index (κ3) is 2.66. The number of amides is 1. The molecular weight excluding hydrogens is 296 g/mol. The average Bonchev–Trinajstić information content (AvgIpc) is 2.93. The molecule has 5 heteroatoms. The van der Waals surface area contributed by atoms with Crippen molar-refractivity contribution in [3.8, 4) is 0 Å². The maximum Gasteiger partial charge on any atom is 0.259 e. The van der Waals surface area contributed by atoms with E-state index in [9.17, 15) is 4.79 Å². The van der Waals surface area contributed by atoms with Gasteiger partial charge in [-0.1, -0.05) is 24.3 Å². The van der Waals surface area contributed by atoms with Gasteiger partial charge in [0.15, 0.2) is 4.80 Å². The van der Waals surface area contributed by atoms with Crippen molar-refractivity contribution in [2.24, 2.45) is 12.0 Å². The van der Waals surface area contributed by atoms with Crippen LogP contribution >= 0.6 is 11.3 Å². The lowest BCUT2D eigenvalue weighted by Crippen LogP contribution is -2.42. The van der Waals surface area contributed by atoms with E-state index >= 15 is 0 Å². The van der Waals surface area contributed by atoms with Crippen LogP contribution in [0.2, 0.25) is 0 Å². The number of nitrogens with zero attached hydrogens (tertiary/aromatic N) is 2. The van der Waals surface area contributed by atoms with Gasteiger partial charge in [0.1, 0.15) is 0 Å². The number of thiazole rings is 1. The van der Waals surface area contributed by atoms with Crippen LogP contribution in [0.3, 0.4) is 0 Å². The average molecular weight is 316 g/mol. The second-order valence-electron chi connectivity index (χ2n) is 5.72. The standard InChI is InChI=1S/C17H20N2O2S/c1-13-5-3-4-6-14(13)17(7-10-21-11-8-17)15(20)18-16-19(2)9-12-22-16/h3-6,9,12H,7-8,10-11H2,1-2H3. The smallest absolute Gasteiger partial charge is 0.259 e. The van der Waals surface area contributed by atoms with Crippen LogP contribution in [0.15, 0.2) is 40.8 Å². The van der Waals surface area contributed by atoms with Crippen molar-refractivity contribution < 1.29 is 9.53 Å². The Balaban J connectivity index is 2.09. The lowest BCUT2D eigenvalue weighted by molar-refractivity contribution is -0.127. The summed E-state index contributed by atoms with van der Waals surface area (Å²) in [6.07, 6.45) is 3.30. The molecule has 0 N–H and O–H groups in total. The topological polar surface area (TPSA) is 43.6 Å². The van der Waals surface area contributed by atoms with E-state index in [-0.39, 0.29) is 5.91 Å². The quantitative estimate of drug-likeness (QED) is 0.854. The van der Waals surface area contributed by atoms with Crippen LogP contribution in [-0.2, 0) is 22.0 Å². The molecule has 1 aliphatic heterocycles. The van der Waals surface area contributed by atoms with Gasteiger partial charge >= 0.3 is 0 Å². The van der Waals surface area contributed by atoms with Crippen molar-refractivity contribution >= 4 is 17.2 Å². The van der Waals surface area contributed by atoms with Crippen molar-refractivity contribution in [3.05, 3.63) is 51.8 Å². The Morgan fingerprint density at radius 1 is 1.32 bits per heavy atom. The SMILES string of the molecule is Cc1ccccc1C1(C(=O)N=c2sccn2C)CCOCC1. The molecule has 1 saturated heterocycles. The fourth-order valence-electron chi connectivity index (χ4n) is 3.06. The molecule has 0 saturated carbocycles. The zero-order valence-corrected chi connectivity index (χ0v) is 13.7. The molecule has 1 aromatic carbocycles. The first kappa shape index (κ1) is 15.2. The fraction of sp³-hybridized carbons (Fsp3) is 0.412. The summed E-state index contributed by atoms with van der Waals surface area (Å²) in [6.45, 7) is 3.27. The maximum atomic E-state index is 13.1. The van der Waals surface area contributed by atoms with E-state index in [0.717, 1.165) is 15.9 Å². The number of hydrogen-bond acceptors (Lipinski definition) is 3. The summed E-state index contributed by atoms with van der Waals surface area (Å²) in [4.78, 5) is 18.2. The molecule has 1 aromatic heterocycles. The van der Waals surface area contributed by atoms with Gasteiger partial charge < -0.3 is 9.30 Å². The molecule has 0 radical (unpaired) electrons. The monoisotopic (exact) mass is 316 g/mol. The molecule has 1 amide bonds. The Hall–Kier alpha value is -1.72. The first-order chi connectivity index (χ1) is 10.6. The number of carbonyl (C=O) groups excluding carboxylic acids is 1. The van der Waals surface area contributed by atoms with Gasteiger partial charge in [0, 0.05) is 31.8 Å². The zero-order valence-electron chi connectivity index (χ0n) is 12.9. The van der Waals surface area contributed by atoms with Crippen LogP contribution in [0.25, 0.3) is 0 Å². The Morgan fingerprint density at radius 3 is 2.68 bits per heavy atom. The van der Waals surface area contributed by atoms with Gasteiger partial charge in [0.05, 0.1) is 5.41 Å². The van der Waals surface area contributed by atoms with E-state index in [4.69, 9.17) is 4.74 Å². The van der Waals surface area contributed by atoms with Crippen LogP contribution < -0.4 is 4.80 Å². The first-order valence-electron chi connectivity index (χ1n) is 7.47. The normalized spacial score (nSPS) is 18.4. The van der Waals surface area contributed by atoms with Crippen molar-refractivity contribution in [1.82, 2.24) is 4.57 Å². The minimum Gasteiger partial charge on any atom is -0.381 e. The molecule has 1 fully saturated rings. The highest BCUT2D eigenvalue weighted by atomic mass is 32.1. The molecule has 2 aromatic rings. The van der Waals surface area contributed by atoms with Crippen LogP contribution in [0.5, 0.6) is 0 Å². The number of carbonyl (C=O) groups is 1. The van der Waals surface area contributed by atoms with E-state index in [1.807, 2.05) is 35.3 Å². The largest absolute Gasteiger partial charge is 0.381 e. The number of aromatic nitrogens is 1. The van der Waals surface area contributed by atoms with Crippen LogP contribution in [0.4, 0.5) is 0 Å². The lowest BCUT2D eigenvalue weighted by atomic mass is 9.72. The van der Waals surface area contributed by atoms with Gasteiger partial charge in [-0.2, -0.15) is 4.99 Å². The van der Waals surface area contributed by atoms with Crippen molar-refractivity contribution in [3.63, 3.8) is 0 Å². The minimum absolute atomic E-state index is 0.0526. The molecule has 0 bridgehead atoms. The fourth-order valence-corrected chi connectivity index (χ4v) is 3.78. The molecule has 1 aliphatic rings. The van der Waals surface area contributed by atoms with Gasteiger partial charge in [-0.25, -0.2) is 0 Å². The molecule has 0 unspecified atom stereocenters. The maximum absolute atomic E-state index is 13.1. The predicted octanol–water partition coefficient (Wildman–Crippen LogP) is 2.57. The molecular formula is C17H20N2O2S. The van der Waals surface area contributed by atoms with E-state index in [1.54, 1.807) is 0 Å². The van der Waals surface area contributed by atoms with Crippen molar-refractivity contribution in [1.29, 1.82) is 0 Å². The van der Waals surface area contributed by atoms with E-state index in [1.165, 1.54) is 11.3 Å². The second-order valence-corrected chi connectivity index (χ2v) is 6.60. The molecule has 2 heterocycles. The third-order valence-electron chi connectivity index (χ3n) is 4.37. The van der Waals surface area contributed by atoms with Gasteiger partial charge in [0.25, 0.3) is 5.91 Å². The summed E-state index contributed by atoms with van der Waals surface area (Å²) in [5.41, 5.74) is 1.68. The summed E-state index contributed by atoms with van der Waals surface area (Å²) >= 11 is 1.48. The molecule has 116 valence electrons. The Kier molecular flexibility index (Phi) is 4.27. The number of benzene rings is 1. The van der Waals surface area contributed by atoms with Crippen LogP contribution in [0, 0.1) is 6.92 Å². The Labute approximate surface area is 134 Å². The molecule has 22 heavy (non-hydrogen) atoms. The van der Waals surface area contributed by atoms with Gasteiger partial charge in [-0.05, 0) is 30.9 Å². The zero-order chi connectivity index (χ0) is 15.6. The Morgan fingerprint density at radius 2 is 2.05 bits per heavy atom. The van der Waals surface area contributed by atoms with E-state index in [2.05, 4.69) is 24.0 Å². The van der Waals surface area contributed by atoms with Crippen molar-refractivity contribution in [2.45, 2.75) is 25.2 Å².